The molecule has 272 valence electrons. The molecule has 3 amide bonds. The molecule has 1 unspecified atom stereocenters. The number of likely N-dealkylation sites (tertiary alicyclic amines) is 1. The van der Waals surface area contributed by atoms with Gasteiger partial charge >= 0.3 is 0 Å². The molecule has 4 radical (unpaired) electrons. The molecule has 0 bridgehead atoms. The largest absolute Gasteiger partial charge is 0.393 e. The molecular weight excluding hydrogens is 668 g/mol. The number of anilines is 2. The van der Waals surface area contributed by atoms with Gasteiger partial charge in [0.25, 0.3) is 11.8 Å². The average Bonchev–Trinajstić information content (AvgIpc) is 4.06. The van der Waals surface area contributed by atoms with E-state index in [-0.39, 0.29) is 58.8 Å². The molecule has 8 N–H and O–H groups in total. The van der Waals surface area contributed by atoms with Crippen LogP contribution in [0, 0.1) is 5.92 Å². The van der Waals surface area contributed by atoms with Crippen molar-refractivity contribution in [2.75, 3.05) is 36.9 Å². The van der Waals surface area contributed by atoms with Crippen molar-refractivity contribution in [3.05, 3.63) is 83.0 Å². The number of benzene rings is 1. The van der Waals surface area contributed by atoms with Crippen molar-refractivity contribution in [2.24, 2.45) is 17.4 Å². The fraction of sp³-hybridized carbons (Fsp3) is 0.432. The summed E-state index contributed by atoms with van der Waals surface area (Å²) in [5.41, 5.74) is 18.3. The van der Waals surface area contributed by atoms with E-state index in [2.05, 4.69) is 42.8 Å². The summed E-state index contributed by atoms with van der Waals surface area (Å²) in [6.45, 7) is 5.53. The summed E-state index contributed by atoms with van der Waals surface area (Å²) in [7, 11) is 15.4. The Hall–Kier alpha value is -5.24. The lowest BCUT2D eigenvalue weighted by Crippen LogP contribution is -2.60. The number of nitrogens with two attached hydrogens (primary N) is 2. The number of allylic oxidation sites excluding steroid dienone is 1. The highest BCUT2D eigenvalue weighted by Crippen LogP contribution is 2.50. The van der Waals surface area contributed by atoms with Crippen LogP contribution in [0.3, 0.4) is 0 Å². The maximum absolute atomic E-state index is 13.1. The predicted octanol–water partition coefficient (Wildman–Crippen LogP) is 1.79. The Labute approximate surface area is 312 Å². The van der Waals surface area contributed by atoms with E-state index in [9.17, 15) is 14.4 Å². The first-order valence-corrected chi connectivity index (χ1v) is 18.3. The standard InChI is InChI=1S/C37H45B2N11O3/c1-4-28-33-24(17-43-50(33)22-18-49(19-22)37(38,39)29-11-7-10-26(46-29)35(52)42-5-2)23-8-6-9-25(32(23)48(28)3)45-27(31(41)36(53)44-21-14-15-21)16-30(40)47-34(51)20-12-13-20/h6-11,16-17,20-22,28,45H,4-5,12-15,18-19,40-41H2,1-3H3,(H,42,52)(H,44,53)(H,47,51)/b30-16+,31-27+. The van der Waals surface area contributed by atoms with Crippen molar-refractivity contribution < 1.29 is 14.4 Å². The Morgan fingerprint density at radius 1 is 1.02 bits per heavy atom. The summed E-state index contributed by atoms with van der Waals surface area (Å²) in [6.07, 6.45) is 7.66. The van der Waals surface area contributed by atoms with Gasteiger partial charge in [0.15, 0.2) is 0 Å². The van der Waals surface area contributed by atoms with Crippen LogP contribution in [-0.2, 0) is 14.9 Å². The zero-order chi connectivity index (χ0) is 37.6. The number of carbonyl (C=O) groups is 3. The number of para-hydroxylation sites is 1. The molecule has 2 saturated carbocycles. The molecular formula is C37H45B2N11O3. The third-order valence-electron chi connectivity index (χ3n) is 10.4. The summed E-state index contributed by atoms with van der Waals surface area (Å²) >= 11 is 0. The van der Waals surface area contributed by atoms with Gasteiger partial charge in [-0.15, -0.1) is 0 Å². The Bertz CT molecular complexity index is 2000. The number of nitrogens with zero attached hydrogens (tertiary/aromatic N) is 5. The predicted molar refractivity (Wildman–Crippen MR) is 204 cm³/mol. The maximum Gasteiger partial charge on any atom is 0.269 e. The number of pyridine rings is 1. The normalized spacial score (nSPS) is 19.3. The fourth-order valence-corrected chi connectivity index (χ4v) is 7.08. The lowest BCUT2D eigenvalue weighted by molar-refractivity contribution is -0.121. The first-order chi connectivity index (χ1) is 25.4. The van der Waals surface area contributed by atoms with Crippen molar-refractivity contribution in [1.82, 2.24) is 35.6 Å². The Morgan fingerprint density at radius 3 is 2.43 bits per heavy atom. The number of nitrogens with one attached hydrogen (secondary N) is 4. The van der Waals surface area contributed by atoms with E-state index in [0.717, 1.165) is 54.6 Å². The molecule has 1 saturated heterocycles. The summed E-state index contributed by atoms with van der Waals surface area (Å²) in [6, 6.07) is 11.1. The number of amides is 3. The molecule has 7 rings (SSSR count). The number of rotatable bonds is 13. The lowest BCUT2D eigenvalue weighted by atomic mass is 9.57. The first-order valence-electron chi connectivity index (χ1n) is 18.3. The van der Waals surface area contributed by atoms with Crippen LogP contribution in [0.4, 0.5) is 11.4 Å². The van der Waals surface area contributed by atoms with Gasteiger partial charge in [0, 0.05) is 61.5 Å². The third-order valence-corrected chi connectivity index (χ3v) is 10.4. The number of carbonyl (C=O) groups excluding carboxylic acids is 3. The van der Waals surface area contributed by atoms with E-state index in [1.165, 1.54) is 6.08 Å². The van der Waals surface area contributed by atoms with Gasteiger partial charge in [0.1, 0.15) is 17.2 Å². The van der Waals surface area contributed by atoms with Crippen molar-refractivity contribution in [2.45, 2.75) is 69.4 Å². The maximum atomic E-state index is 13.1. The summed E-state index contributed by atoms with van der Waals surface area (Å²) in [5.74, 6) is -0.778. The van der Waals surface area contributed by atoms with Gasteiger partial charge in [-0.2, -0.15) is 5.10 Å². The Balaban J connectivity index is 1.16. The highest BCUT2D eigenvalue weighted by molar-refractivity contribution is 6.39. The minimum absolute atomic E-state index is 0.000353. The van der Waals surface area contributed by atoms with E-state index in [1.807, 2.05) is 43.3 Å². The van der Waals surface area contributed by atoms with E-state index in [4.69, 9.17) is 32.3 Å². The second-order valence-electron chi connectivity index (χ2n) is 14.3. The summed E-state index contributed by atoms with van der Waals surface area (Å²) in [5, 5.41) is 15.4. The van der Waals surface area contributed by atoms with Crippen LogP contribution in [0.25, 0.3) is 11.1 Å². The molecule has 2 aliphatic heterocycles. The zero-order valence-corrected chi connectivity index (χ0v) is 30.4. The molecule has 3 fully saturated rings. The second-order valence-corrected chi connectivity index (χ2v) is 14.3. The third kappa shape index (κ3) is 7.11. The molecule has 1 aromatic carbocycles. The smallest absolute Gasteiger partial charge is 0.269 e. The van der Waals surface area contributed by atoms with Gasteiger partial charge < -0.3 is 42.5 Å². The van der Waals surface area contributed by atoms with E-state index < -0.39 is 11.2 Å². The van der Waals surface area contributed by atoms with E-state index >= 15 is 0 Å². The van der Waals surface area contributed by atoms with Crippen LogP contribution in [0.2, 0.25) is 0 Å². The first kappa shape index (κ1) is 36.1. The number of aromatic nitrogens is 3. The highest BCUT2D eigenvalue weighted by Gasteiger charge is 2.43. The highest BCUT2D eigenvalue weighted by atomic mass is 16.2. The molecule has 2 aromatic heterocycles. The summed E-state index contributed by atoms with van der Waals surface area (Å²) in [4.78, 5) is 46.7. The molecule has 0 spiro atoms. The Morgan fingerprint density at radius 2 is 1.75 bits per heavy atom. The van der Waals surface area contributed by atoms with Crippen molar-refractivity contribution in [3.8, 4) is 11.1 Å². The van der Waals surface area contributed by atoms with Gasteiger partial charge in [-0.1, -0.05) is 25.1 Å². The van der Waals surface area contributed by atoms with Crippen molar-refractivity contribution >= 4 is 44.8 Å². The summed E-state index contributed by atoms with van der Waals surface area (Å²) < 4.78 is 2.08. The minimum Gasteiger partial charge on any atom is -0.393 e. The molecule has 53 heavy (non-hydrogen) atoms. The minimum atomic E-state index is -1.39. The topological polar surface area (TPSA) is 189 Å². The van der Waals surface area contributed by atoms with E-state index in [0.29, 0.717) is 31.0 Å². The monoisotopic (exact) mass is 713 g/mol. The van der Waals surface area contributed by atoms with E-state index in [1.54, 1.807) is 18.2 Å². The van der Waals surface area contributed by atoms with Crippen molar-refractivity contribution in [3.63, 3.8) is 0 Å². The lowest BCUT2D eigenvalue weighted by Gasteiger charge is -2.50. The average molecular weight is 713 g/mol. The second kappa shape index (κ2) is 14.3. The van der Waals surface area contributed by atoms with Gasteiger partial charge in [-0.25, -0.2) is 4.98 Å². The SMILES string of the molecule is [B]C([B])(c1cccc(C(=O)NCC)n1)N1CC(n2ncc3c2C(CC)N(C)c2c(NC(/C=C(\N)NC(=O)C4CC4)=C(/N)C(=O)NC4CC4)cccc2-3)C1. The molecule has 4 aliphatic rings. The van der Waals surface area contributed by atoms with Gasteiger partial charge in [-0.05, 0) is 62.6 Å². The van der Waals surface area contributed by atoms with Crippen LogP contribution in [0.1, 0.15) is 79.9 Å². The zero-order valence-electron chi connectivity index (χ0n) is 30.4. The molecule has 14 nitrogen and oxygen atoms in total. The molecule has 16 heteroatoms. The molecule has 2 aliphatic carbocycles. The fourth-order valence-electron chi connectivity index (χ4n) is 7.08. The quantitative estimate of drug-likeness (QED) is 0.0866. The molecule has 1 atom stereocenters. The number of hydrogen-bond acceptors (Lipinski definition) is 10. The molecule has 3 aromatic rings. The number of hydrogen-bond donors (Lipinski definition) is 6. The Kier molecular flexibility index (Phi) is 9.75. The number of fused-ring (bicyclic) bond motifs is 3. The van der Waals surface area contributed by atoms with Crippen LogP contribution >= 0.6 is 0 Å². The van der Waals surface area contributed by atoms with Gasteiger partial charge in [0.2, 0.25) is 5.91 Å². The molecule has 4 heterocycles. The van der Waals surface area contributed by atoms with Crippen LogP contribution < -0.4 is 37.6 Å². The van der Waals surface area contributed by atoms with Crippen LogP contribution in [0.5, 0.6) is 0 Å². The van der Waals surface area contributed by atoms with Gasteiger partial charge in [-0.3, -0.25) is 19.1 Å². The van der Waals surface area contributed by atoms with Gasteiger partial charge in [0.05, 0.1) is 56.7 Å². The van der Waals surface area contributed by atoms with Crippen LogP contribution in [0.15, 0.2) is 65.9 Å². The van der Waals surface area contributed by atoms with Crippen molar-refractivity contribution in [1.29, 1.82) is 0 Å². The van der Waals surface area contributed by atoms with Crippen LogP contribution in [-0.4, -0.2) is 85.8 Å².